The largest absolute Gasteiger partial charge is 0.423 e. The summed E-state index contributed by atoms with van der Waals surface area (Å²) in [4.78, 5) is 17.6. The molecule has 1 saturated heterocycles. The average molecular weight is 311 g/mol. The molecular weight excluding hydrogens is 297 g/mol. The summed E-state index contributed by atoms with van der Waals surface area (Å²) in [5.74, 6) is -0.466. The SMILES string of the molecule is O=C1CCCN1c1cc(Nc2nc3ccccc3o2)ccc1F. The van der Waals surface area contributed by atoms with Crippen molar-refractivity contribution in [3.63, 3.8) is 0 Å². The van der Waals surface area contributed by atoms with Crippen molar-refractivity contribution in [1.29, 1.82) is 0 Å². The van der Waals surface area contributed by atoms with Crippen LogP contribution in [0.15, 0.2) is 46.9 Å². The number of fused-ring (bicyclic) bond motifs is 1. The molecule has 1 aliphatic rings. The van der Waals surface area contributed by atoms with Gasteiger partial charge in [-0.05, 0) is 36.8 Å². The molecule has 4 rings (SSSR count). The van der Waals surface area contributed by atoms with Crippen LogP contribution in [0.1, 0.15) is 12.8 Å². The number of oxazole rings is 1. The number of hydrogen-bond donors (Lipinski definition) is 1. The highest BCUT2D eigenvalue weighted by Gasteiger charge is 2.24. The fraction of sp³-hybridized carbons (Fsp3) is 0.176. The lowest BCUT2D eigenvalue weighted by atomic mass is 10.2. The number of nitrogens with one attached hydrogen (secondary N) is 1. The van der Waals surface area contributed by atoms with Gasteiger partial charge in [0.05, 0.1) is 5.69 Å². The molecule has 1 amide bonds. The van der Waals surface area contributed by atoms with Gasteiger partial charge in [0.25, 0.3) is 6.01 Å². The van der Waals surface area contributed by atoms with Gasteiger partial charge in [-0.3, -0.25) is 4.79 Å². The third-order valence-electron chi connectivity index (χ3n) is 3.86. The van der Waals surface area contributed by atoms with Crippen LogP contribution in [-0.4, -0.2) is 17.4 Å². The van der Waals surface area contributed by atoms with E-state index < -0.39 is 5.82 Å². The minimum absolute atomic E-state index is 0.0529. The molecule has 0 radical (unpaired) electrons. The third kappa shape index (κ3) is 2.52. The smallest absolute Gasteiger partial charge is 0.300 e. The van der Waals surface area contributed by atoms with Gasteiger partial charge >= 0.3 is 0 Å². The third-order valence-corrected chi connectivity index (χ3v) is 3.86. The Hall–Kier alpha value is -2.89. The molecular formula is C17H14FN3O2. The first-order valence-corrected chi connectivity index (χ1v) is 7.43. The first-order chi connectivity index (χ1) is 11.2. The Kier molecular flexibility index (Phi) is 3.22. The lowest BCUT2D eigenvalue weighted by molar-refractivity contribution is -0.117. The van der Waals surface area contributed by atoms with Crippen molar-refractivity contribution in [3.05, 3.63) is 48.3 Å². The summed E-state index contributed by atoms with van der Waals surface area (Å²) < 4.78 is 19.6. The van der Waals surface area contributed by atoms with E-state index in [-0.39, 0.29) is 11.6 Å². The van der Waals surface area contributed by atoms with Crippen LogP contribution in [0.25, 0.3) is 11.1 Å². The van der Waals surface area contributed by atoms with Gasteiger partial charge in [-0.1, -0.05) is 12.1 Å². The van der Waals surface area contributed by atoms with E-state index >= 15 is 0 Å². The molecule has 1 aromatic heterocycles. The quantitative estimate of drug-likeness (QED) is 0.798. The Balaban J connectivity index is 1.65. The number of benzene rings is 2. The number of halogens is 1. The Bertz CT molecular complexity index is 857. The van der Waals surface area contributed by atoms with E-state index in [0.717, 1.165) is 11.9 Å². The van der Waals surface area contributed by atoms with E-state index in [0.29, 0.717) is 30.3 Å². The van der Waals surface area contributed by atoms with Crippen molar-refractivity contribution in [2.24, 2.45) is 0 Å². The Labute approximate surface area is 131 Å². The molecule has 0 aliphatic carbocycles. The van der Waals surface area contributed by atoms with Crippen LogP contribution in [-0.2, 0) is 4.79 Å². The zero-order valence-corrected chi connectivity index (χ0v) is 12.3. The number of carbonyl (C=O) groups is 1. The second-order valence-corrected chi connectivity index (χ2v) is 5.43. The van der Waals surface area contributed by atoms with Gasteiger partial charge in [0, 0.05) is 18.7 Å². The number of carbonyl (C=O) groups excluding carboxylic acids is 1. The van der Waals surface area contributed by atoms with Gasteiger partial charge in [0.15, 0.2) is 5.58 Å². The predicted octanol–water partition coefficient (Wildman–Crippen LogP) is 3.84. The van der Waals surface area contributed by atoms with Crippen LogP contribution in [0.5, 0.6) is 0 Å². The van der Waals surface area contributed by atoms with E-state index in [1.54, 1.807) is 12.1 Å². The predicted molar refractivity (Wildman–Crippen MR) is 85.3 cm³/mol. The van der Waals surface area contributed by atoms with Crippen LogP contribution in [0.2, 0.25) is 0 Å². The van der Waals surface area contributed by atoms with Crippen LogP contribution >= 0.6 is 0 Å². The summed E-state index contributed by atoms with van der Waals surface area (Å²) in [6, 6.07) is 12.3. The topological polar surface area (TPSA) is 58.4 Å². The minimum atomic E-state index is -0.414. The highest BCUT2D eigenvalue weighted by atomic mass is 19.1. The summed E-state index contributed by atoms with van der Waals surface area (Å²) in [5.41, 5.74) is 2.32. The zero-order valence-electron chi connectivity index (χ0n) is 12.3. The number of para-hydroxylation sites is 2. The maximum Gasteiger partial charge on any atom is 0.300 e. The second kappa shape index (κ2) is 5.39. The van der Waals surface area contributed by atoms with Gasteiger partial charge in [0.2, 0.25) is 5.91 Å². The minimum Gasteiger partial charge on any atom is -0.423 e. The number of nitrogens with zero attached hydrogens (tertiary/aromatic N) is 2. The van der Waals surface area contributed by atoms with Gasteiger partial charge in [0.1, 0.15) is 11.3 Å². The molecule has 3 aromatic rings. The van der Waals surface area contributed by atoms with Crippen molar-refractivity contribution in [2.75, 3.05) is 16.8 Å². The van der Waals surface area contributed by atoms with Gasteiger partial charge < -0.3 is 14.6 Å². The van der Waals surface area contributed by atoms with E-state index in [4.69, 9.17) is 4.42 Å². The van der Waals surface area contributed by atoms with Crippen LogP contribution in [0, 0.1) is 5.82 Å². The molecule has 6 heteroatoms. The first-order valence-electron chi connectivity index (χ1n) is 7.43. The molecule has 1 aliphatic heterocycles. The number of rotatable bonds is 3. The molecule has 2 heterocycles. The monoisotopic (exact) mass is 311 g/mol. The molecule has 1 N–H and O–H groups in total. The highest BCUT2D eigenvalue weighted by molar-refractivity contribution is 5.96. The number of hydrogen-bond acceptors (Lipinski definition) is 4. The maximum absolute atomic E-state index is 14.0. The van der Waals surface area contributed by atoms with Gasteiger partial charge in [-0.15, -0.1) is 0 Å². The lowest BCUT2D eigenvalue weighted by Crippen LogP contribution is -2.24. The van der Waals surface area contributed by atoms with Crippen LogP contribution in [0.4, 0.5) is 21.8 Å². The summed E-state index contributed by atoms with van der Waals surface area (Å²) in [7, 11) is 0. The Morgan fingerprint density at radius 2 is 2.09 bits per heavy atom. The zero-order chi connectivity index (χ0) is 15.8. The average Bonchev–Trinajstić information content (AvgIpc) is 3.14. The first kappa shape index (κ1) is 13.8. The Morgan fingerprint density at radius 1 is 1.22 bits per heavy atom. The Morgan fingerprint density at radius 3 is 2.87 bits per heavy atom. The molecule has 2 aromatic carbocycles. The van der Waals surface area contributed by atoms with Crippen molar-refractivity contribution < 1.29 is 13.6 Å². The van der Waals surface area contributed by atoms with E-state index in [1.165, 1.54) is 11.0 Å². The second-order valence-electron chi connectivity index (χ2n) is 5.43. The van der Waals surface area contributed by atoms with Crippen LogP contribution in [0.3, 0.4) is 0 Å². The summed E-state index contributed by atoms with van der Waals surface area (Å²) in [5, 5.41) is 3.02. The fourth-order valence-electron chi connectivity index (χ4n) is 2.75. The number of anilines is 3. The standard InChI is InChI=1S/C17H14FN3O2/c18-12-8-7-11(10-14(12)21-9-3-6-16(21)22)19-17-20-13-4-1-2-5-15(13)23-17/h1-2,4-5,7-8,10H,3,6,9H2,(H,19,20). The molecule has 0 bridgehead atoms. The number of aromatic nitrogens is 1. The van der Waals surface area contributed by atoms with Crippen molar-refractivity contribution in [3.8, 4) is 0 Å². The summed E-state index contributed by atoms with van der Waals surface area (Å²) in [6.45, 7) is 0.544. The fourth-order valence-corrected chi connectivity index (χ4v) is 2.75. The van der Waals surface area contributed by atoms with E-state index in [1.807, 2.05) is 24.3 Å². The van der Waals surface area contributed by atoms with Crippen molar-refractivity contribution in [1.82, 2.24) is 4.98 Å². The highest BCUT2D eigenvalue weighted by Crippen LogP contribution is 2.29. The summed E-state index contributed by atoms with van der Waals surface area (Å²) in [6.07, 6.45) is 1.21. The van der Waals surface area contributed by atoms with Crippen LogP contribution < -0.4 is 10.2 Å². The molecule has 5 nitrogen and oxygen atoms in total. The van der Waals surface area contributed by atoms with Gasteiger partial charge in [-0.25, -0.2) is 4.39 Å². The van der Waals surface area contributed by atoms with Crippen molar-refractivity contribution >= 4 is 34.4 Å². The summed E-state index contributed by atoms with van der Waals surface area (Å²) >= 11 is 0. The maximum atomic E-state index is 14.0. The molecule has 0 saturated carbocycles. The van der Waals surface area contributed by atoms with E-state index in [9.17, 15) is 9.18 Å². The number of amides is 1. The lowest BCUT2D eigenvalue weighted by Gasteiger charge is -2.17. The molecule has 0 spiro atoms. The van der Waals surface area contributed by atoms with Crippen molar-refractivity contribution in [2.45, 2.75) is 12.8 Å². The molecule has 116 valence electrons. The molecule has 0 atom stereocenters. The van der Waals surface area contributed by atoms with Gasteiger partial charge in [-0.2, -0.15) is 4.98 Å². The molecule has 0 unspecified atom stereocenters. The molecule has 23 heavy (non-hydrogen) atoms. The normalized spacial score (nSPS) is 14.7. The van der Waals surface area contributed by atoms with E-state index in [2.05, 4.69) is 10.3 Å². The molecule has 1 fully saturated rings.